The Kier molecular flexibility index (Phi) is 9.67. The fraction of sp³-hybridized carbons (Fsp3) is 0.432. The molecule has 0 spiro atoms. The van der Waals surface area contributed by atoms with Crippen molar-refractivity contribution in [2.45, 2.75) is 32.9 Å². The summed E-state index contributed by atoms with van der Waals surface area (Å²) in [6.07, 6.45) is 1.62. The van der Waals surface area contributed by atoms with Gasteiger partial charge in [0, 0.05) is 69.0 Å². The SMILES string of the molecule is Cc1cc(N2CCc3c(nc(NCCCN4CCOCC4)nc3N3CCN(C(=O)OCc4ccccc4)CC3)C2)c2ccccc2c1. The first-order chi connectivity index (χ1) is 23.1. The van der Waals surface area contributed by atoms with Crippen molar-refractivity contribution in [3.8, 4) is 0 Å². The molecule has 1 amide bonds. The molecule has 4 aromatic rings. The van der Waals surface area contributed by atoms with Gasteiger partial charge in [0.1, 0.15) is 12.4 Å². The van der Waals surface area contributed by atoms with Gasteiger partial charge in [-0.2, -0.15) is 4.98 Å². The molecular weight excluding hydrogens is 590 g/mol. The number of hydrogen-bond donors (Lipinski definition) is 1. The first-order valence-corrected chi connectivity index (χ1v) is 17.0. The molecule has 2 saturated heterocycles. The highest BCUT2D eigenvalue weighted by atomic mass is 16.6. The maximum absolute atomic E-state index is 12.9. The van der Waals surface area contributed by atoms with E-state index in [0.717, 1.165) is 82.4 Å². The zero-order valence-corrected chi connectivity index (χ0v) is 27.4. The Morgan fingerprint density at radius 1 is 0.894 bits per heavy atom. The predicted octanol–water partition coefficient (Wildman–Crippen LogP) is 5.09. The fourth-order valence-corrected chi connectivity index (χ4v) is 6.89. The lowest BCUT2D eigenvalue weighted by Gasteiger charge is -2.38. The Labute approximate surface area is 277 Å². The molecule has 3 aliphatic rings. The maximum atomic E-state index is 12.9. The van der Waals surface area contributed by atoms with E-state index < -0.39 is 0 Å². The highest BCUT2D eigenvalue weighted by Crippen LogP contribution is 2.35. The Morgan fingerprint density at radius 2 is 1.68 bits per heavy atom. The van der Waals surface area contributed by atoms with Crippen LogP contribution in [0.15, 0.2) is 66.7 Å². The molecule has 1 N–H and O–H groups in total. The molecule has 0 saturated carbocycles. The molecule has 0 aliphatic carbocycles. The number of piperazine rings is 1. The van der Waals surface area contributed by atoms with Gasteiger partial charge < -0.3 is 29.5 Å². The van der Waals surface area contributed by atoms with E-state index in [0.29, 0.717) is 32.1 Å². The summed E-state index contributed by atoms with van der Waals surface area (Å²) in [6, 6.07) is 23.0. The third kappa shape index (κ3) is 7.44. The van der Waals surface area contributed by atoms with Crippen molar-refractivity contribution in [2.24, 2.45) is 0 Å². The number of nitrogens with zero attached hydrogens (tertiary/aromatic N) is 6. The lowest BCUT2D eigenvalue weighted by Crippen LogP contribution is -2.49. The van der Waals surface area contributed by atoms with Crippen LogP contribution in [0, 0.1) is 6.92 Å². The summed E-state index contributed by atoms with van der Waals surface area (Å²) in [5.74, 6) is 1.68. The van der Waals surface area contributed by atoms with Gasteiger partial charge in [-0.15, -0.1) is 0 Å². The minimum absolute atomic E-state index is 0.262. The average molecular weight is 636 g/mol. The number of carbonyl (C=O) groups is 1. The zero-order valence-electron chi connectivity index (χ0n) is 27.4. The van der Waals surface area contributed by atoms with Gasteiger partial charge in [0.25, 0.3) is 0 Å². The van der Waals surface area contributed by atoms with Crippen LogP contribution in [0.2, 0.25) is 0 Å². The smallest absolute Gasteiger partial charge is 0.410 e. The predicted molar refractivity (Wildman–Crippen MR) is 186 cm³/mol. The summed E-state index contributed by atoms with van der Waals surface area (Å²) in [4.78, 5) is 32.2. The topological polar surface area (TPSA) is 86.3 Å². The Hall–Kier alpha value is -4.41. The van der Waals surface area contributed by atoms with E-state index >= 15 is 0 Å². The molecule has 2 fully saturated rings. The normalized spacial score (nSPS) is 17.1. The largest absolute Gasteiger partial charge is 0.445 e. The lowest BCUT2D eigenvalue weighted by atomic mass is 10.0. The molecule has 0 bridgehead atoms. The molecule has 47 heavy (non-hydrogen) atoms. The molecule has 7 rings (SSSR count). The Balaban J connectivity index is 1.07. The second-order valence-electron chi connectivity index (χ2n) is 12.7. The van der Waals surface area contributed by atoms with Gasteiger partial charge in [-0.3, -0.25) is 4.90 Å². The van der Waals surface area contributed by atoms with Crippen molar-refractivity contribution in [2.75, 3.05) is 87.2 Å². The molecule has 0 atom stereocenters. The minimum atomic E-state index is -0.262. The van der Waals surface area contributed by atoms with Crippen LogP contribution < -0.4 is 15.1 Å². The second kappa shape index (κ2) is 14.6. The number of fused-ring (bicyclic) bond motifs is 2. The van der Waals surface area contributed by atoms with E-state index in [1.54, 1.807) is 0 Å². The summed E-state index contributed by atoms with van der Waals surface area (Å²) < 4.78 is 11.1. The number of benzene rings is 3. The van der Waals surface area contributed by atoms with Gasteiger partial charge >= 0.3 is 6.09 Å². The Morgan fingerprint density at radius 3 is 2.51 bits per heavy atom. The van der Waals surface area contributed by atoms with Gasteiger partial charge in [-0.05, 0) is 48.9 Å². The molecule has 246 valence electrons. The number of hydrogen-bond acceptors (Lipinski definition) is 9. The monoisotopic (exact) mass is 635 g/mol. The van der Waals surface area contributed by atoms with Crippen molar-refractivity contribution in [3.63, 3.8) is 0 Å². The lowest BCUT2D eigenvalue weighted by molar-refractivity contribution is 0.0378. The van der Waals surface area contributed by atoms with E-state index in [1.165, 1.54) is 27.6 Å². The zero-order chi connectivity index (χ0) is 32.0. The highest BCUT2D eigenvalue weighted by Gasteiger charge is 2.29. The molecular formula is C37H45N7O3. The van der Waals surface area contributed by atoms with Crippen molar-refractivity contribution in [1.29, 1.82) is 0 Å². The van der Waals surface area contributed by atoms with Gasteiger partial charge in [-0.25, -0.2) is 9.78 Å². The highest BCUT2D eigenvalue weighted by molar-refractivity contribution is 5.95. The molecule has 4 heterocycles. The molecule has 0 radical (unpaired) electrons. The minimum Gasteiger partial charge on any atom is -0.445 e. The number of aromatic nitrogens is 2. The number of rotatable bonds is 9. The van der Waals surface area contributed by atoms with E-state index in [-0.39, 0.29) is 12.7 Å². The van der Waals surface area contributed by atoms with Crippen LogP contribution >= 0.6 is 0 Å². The first kappa shape index (κ1) is 31.2. The van der Waals surface area contributed by atoms with Crippen molar-refractivity contribution >= 4 is 34.3 Å². The molecule has 10 nitrogen and oxygen atoms in total. The van der Waals surface area contributed by atoms with Gasteiger partial charge in [0.15, 0.2) is 0 Å². The summed E-state index contributed by atoms with van der Waals surface area (Å²) in [5.41, 5.74) is 5.80. The standard InChI is InChI=1S/C37H45N7O3/c1-28-24-30-10-5-6-11-31(30)34(25-28)44-15-12-32-33(26-44)39-36(38-13-7-14-41-20-22-46-23-21-41)40-35(32)42-16-18-43(19-17-42)37(45)47-27-29-8-3-2-4-9-29/h2-6,8-11,24-25H,7,12-23,26-27H2,1H3,(H,38,39,40). The van der Waals surface area contributed by atoms with E-state index in [2.05, 4.69) is 63.3 Å². The fourth-order valence-electron chi connectivity index (χ4n) is 6.89. The third-order valence-electron chi connectivity index (χ3n) is 9.45. The average Bonchev–Trinajstić information content (AvgIpc) is 3.12. The van der Waals surface area contributed by atoms with Gasteiger partial charge in [-0.1, -0.05) is 60.7 Å². The summed E-state index contributed by atoms with van der Waals surface area (Å²) in [7, 11) is 0. The first-order valence-electron chi connectivity index (χ1n) is 17.0. The quantitative estimate of drug-likeness (QED) is 0.253. The van der Waals surface area contributed by atoms with Crippen LogP contribution in [-0.2, 0) is 29.0 Å². The number of carbonyl (C=O) groups excluding carboxylic acids is 1. The number of morpholine rings is 1. The van der Waals surface area contributed by atoms with Crippen LogP contribution in [0.3, 0.4) is 0 Å². The van der Waals surface area contributed by atoms with E-state index in [9.17, 15) is 4.79 Å². The maximum Gasteiger partial charge on any atom is 0.410 e. The number of amides is 1. The van der Waals surface area contributed by atoms with E-state index in [4.69, 9.17) is 19.4 Å². The summed E-state index contributed by atoms with van der Waals surface area (Å²) in [5, 5.41) is 6.09. The van der Waals surface area contributed by atoms with Crippen molar-refractivity contribution < 1.29 is 14.3 Å². The molecule has 0 unspecified atom stereocenters. The number of anilines is 3. The Bertz CT molecular complexity index is 1670. The number of nitrogens with one attached hydrogen (secondary N) is 1. The van der Waals surface area contributed by atoms with E-state index in [1.807, 2.05) is 35.2 Å². The molecule has 1 aromatic heterocycles. The van der Waals surface area contributed by atoms with Crippen LogP contribution in [-0.4, -0.2) is 98.0 Å². The van der Waals surface area contributed by atoms with Crippen molar-refractivity contribution in [1.82, 2.24) is 19.8 Å². The number of aryl methyl sites for hydroxylation is 1. The number of ether oxygens (including phenoxy) is 2. The summed E-state index contributed by atoms with van der Waals surface area (Å²) in [6.45, 7) is 12.1. The van der Waals surface area contributed by atoms with Crippen LogP contribution in [0.5, 0.6) is 0 Å². The van der Waals surface area contributed by atoms with Gasteiger partial charge in [0.2, 0.25) is 5.95 Å². The molecule has 10 heteroatoms. The summed E-state index contributed by atoms with van der Waals surface area (Å²) >= 11 is 0. The van der Waals surface area contributed by atoms with Crippen LogP contribution in [0.25, 0.3) is 10.8 Å². The van der Waals surface area contributed by atoms with Gasteiger partial charge in [0.05, 0.1) is 25.5 Å². The molecule has 3 aliphatic heterocycles. The molecule has 3 aromatic carbocycles. The van der Waals surface area contributed by atoms with Crippen molar-refractivity contribution in [3.05, 3.63) is 89.1 Å². The second-order valence-corrected chi connectivity index (χ2v) is 12.7. The third-order valence-corrected chi connectivity index (χ3v) is 9.45. The van der Waals surface area contributed by atoms with Crippen LogP contribution in [0.1, 0.15) is 28.8 Å². The van der Waals surface area contributed by atoms with Crippen LogP contribution in [0.4, 0.5) is 22.2 Å².